The van der Waals surface area contributed by atoms with E-state index in [2.05, 4.69) is 13.0 Å². The molecule has 0 spiro atoms. The molecule has 0 bridgehead atoms. The quantitative estimate of drug-likeness (QED) is 0.539. The Morgan fingerprint density at radius 1 is 1.20 bits per heavy atom. The van der Waals surface area contributed by atoms with Crippen LogP contribution in [0.1, 0.15) is 58.3 Å². The van der Waals surface area contributed by atoms with E-state index in [0.717, 1.165) is 32.1 Å². The van der Waals surface area contributed by atoms with Crippen molar-refractivity contribution < 1.29 is 9.59 Å². The number of fused-ring (bicyclic) bond motifs is 5. The number of ketones is 1. The van der Waals surface area contributed by atoms with Crippen LogP contribution in [0, 0.1) is 28.6 Å². The number of Topliss-reactive ketones (excluding diaryl/α,β-unsaturated/α-hetero) is 1. The average Bonchev–Trinajstić information content (AvgIpc) is 2.41. The SMILES string of the molecule is CC12CCC(=O)CC1=CCC1C3CCC3(C=O)CCC12. The molecule has 0 heterocycles. The Bertz CT molecular complexity index is 506. The maximum absolute atomic E-state index is 11.8. The number of hydrogen-bond acceptors (Lipinski definition) is 2. The molecule has 2 nitrogen and oxygen atoms in total. The van der Waals surface area contributed by atoms with Crippen LogP contribution in [0.4, 0.5) is 0 Å². The zero-order valence-corrected chi connectivity index (χ0v) is 12.4. The summed E-state index contributed by atoms with van der Waals surface area (Å²) in [6.45, 7) is 2.40. The molecule has 20 heavy (non-hydrogen) atoms. The van der Waals surface area contributed by atoms with Gasteiger partial charge in [0.05, 0.1) is 0 Å². The van der Waals surface area contributed by atoms with E-state index in [1.54, 1.807) is 0 Å². The van der Waals surface area contributed by atoms with Crippen molar-refractivity contribution in [3.05, 3.63) is 11.6 Å². The van der Waals surface area contributed by atoms with E-state index in [0.29, 0.717) is 30.0 Å². The molecule has 2 heteroatoms. The topological polar surface area (TPSA) is 34.1 Å². The second-order valence-electron chi connectivity index (χ2n) is 7.90. The molecule has 0 aromatic carbocycles. The van der Waals surface area contributed by atoms with Crippen molar-refractivity contribution in [2.75, 3.05) is 0 Å². The Kier molecular flexibility index (Phi) is 2.59. The highest BCUT2D eigenvalue weighted by molar-refractivity contribution is 5.82. The molecular weight excluding hydrogens is 248 g/mol. The number of carbonyl (C=O) groups is 2. The fourth-order valence-corrected chi connectivity index (χ4v) is 5.95. The van der Waals surface area contributed by atoms with Crippen LogP contribution in [0.3, 0.4) is 0 Å². The second-order valence-corrected chi connectivity index (χ2v) is 7.90. The van der Waals surface area contributed by atoms with Gasteiger partial charge in [-0.1, -0.05) is 18.6 Å². The van der Waals surface area contributed by atoms with Crippen LogP contribution in [0.5, 0.6) is 0 Å². The molecule has 0 radical (unpaired) electrons. The predicted molar refractivity (Wildman–Crippen MR) is 77.1 cm³/mol. The maximum Gasteiger partial charge on any atom is 0.136 e. The van der Waals surface area contributed by atoms with Gasteiger partial charge < -0.3 is 4.79 Å². The molecule has 4 rings (SSSR count). The van der Waals surface area contributed by atoms with E-state index >= 15 is 0 Å². The lowest BCUT2D eigenvalue weighted by atomic mass is 9.42. The van der Waals surface area contributed by atoms with Crippen LogP contribution in [0.2, 0.25) is 0 Å². The summed E-state index contributed by atoms with van der Waals surface area (Å²) >= 11 is 0. The van der Waals surface area contributed by atoms with Crippen molar-refractivity contribution in [3.63, 3.8) is 0 Å². The minimum Gasteiger partial charge on any atom is -0.303 e. The van der Waals surface area contributed by atoms with Crippen LogP contribution >= 0.6 is 0 Å². The van der Waals surface area contributed by atoms with Crippen molar-refractivity contribution in [1.82, 2.24) is 0 Å². The van der Waals surface area contributed by atoms with Crippen LogP contribution < -0.4 is 0 Å². The minimum atomic E-state index is 0.0351. The monoisotopic (exact) mass is 272 g/mol. The molecule has 0 N–H and O–H groups in total. The third-order valence-electron chi connectivity index (χ3n) is 7.35. The van der Waals surface area contributed by atoms with Crippen molar-refractivity contribution in [2.45, 2.75) is 58.3 Å². The first-order valence-corrected chi connectivity index (χ1v) is 8.27. The summed E-state index contributed by atoms with van der Waals surface area (Å²) in [6.07, 6.45) is 11.9. The van der Waals surface area contributed by atoms with Crippen LogP contribution in [-0.2, 0) is 9.59 Å². The van der Waals surface area contributed by atoms with Crippen LogP contribution in [0.25, 0.3) is 0 Å². The van der Waals surface area contributed by atoms with Crippen molar-refractivity contribution >= 4 is 12.1 Å². The molecule has 0 aromatic heterocycles. The Hall–Kier alpha value is -0.920. The summed E-state index contributed by atoms with van der Waals surface area (Å²) in [4.78, 5) is 23.3. The third kappa shape index (κ3) is 1.46. The standard InChI is InChI=1S/C18H24O2/c1-17-7-4-13(20)10-12(17)2-3-14-15(17)5-8-18(11-19)9-6-16(14)18/h2,11,14-16H,3-10H2,1H3. The summed E-state index contributed by atoms with van der Waals surface area (Å²) < 4.78 is 0. The van der Waals surface area contributed by atoms with Crippen molar-refractivity contribution in [2.24, 2.45) is 28.6 Å². The van der Waals surface area contributed by atoms with Gasteiger partial charge in [0.15, 0.2) is 0 Å². The zero-order valence-electron chi connectivity index (χ0n) is 12.4. The van der Waals surface area contributed by atoms with E-state index in [-0.39, 0.29) is 10.8 Å². The molecule has 0 aliphatic heterocycles. The van der Waals surface area contributed by atoms with Gasteiger partial charge in [-0.3, -0.25) is 4.79 Å². The third-order valence-corrected chi connectivity index (χ3v) is 7.35. The smallest absolute Gasteiger partial charge is 0.136 e. The van der Waals surface area contributed by atoms with E-state index in [1.807, 2.05) is 0 Å². The highest BCUT2D eigenvalue weighted by Crippen LogP contribution is 2.65. The van der Waals surface area contributed by atoms with E-state index in [1.165, 1.54) is 24.7 Å². The maximum atomic E-state index is 11.8. The first kappa shape index (κ1) is 12.8. The summed E-state index contributed by atoms with van der Waals surface area (Å²) in [5, 5.41) is 0. The number of aldehydes is 1. The minimum absolute atomic E-state index is 0.0351. The van der Waals surface area contributed by atoms with E-state index in [9.17, 15) is 9.59 Å². The molecule has 3 fully saturated rings. The molecule has 108 valence electrons. The lowest BCUT2D eigenvalue weighted by Crippen LogP contribution is -2.56. The number of allylic oxidation sites excluding steroid dienone is 2. The predicted octanol–water partition coefficient (Wildman–Crippen LogP) is 3.70. The Morgan fingerprint density at radius 2 is 1.95 bits per heavy atom. The average molecular weight is 272 g/mol. The highest BCUT2D eigenvalue weighted by Gasteiger charge is 2.59. The fourth-order valence-electron chi connectivity index (χ4n) is 5.95. The normalized spacial score (nSPS) is 50.1. The molecule has 0 amide bonds. The first-order valence-electron chi connectivity index (χ1n) is 8.27. The summed E-state index contributed by atoms with van der Waals surface area (Å²) in [6, 6.07) is 0. The lowest BCUT2D eigenvalue weighted by molar-refractivity contribution is -0.146. The Morgan fingerprint density at radius 3 is 2.65 bits per heavy atom. The van der Waals surface area contributed by atoms with Gasteiger partial charge >= 0.3 is 0 Å². The fraction of sp³-hybridized carbons (Fsp3) is 0.778. The van der Waals surface area contributed by atoms with Gasteiger partial charge in [0.1, 0.15) is 12.1 Å². The molecule has 5 unspecified atom stereocenters. The largest absolute Gasteiger partial charge is 0.303 e. The van der Waals surface area contributed by atoms with Gasteiger partial charge in [-0.05, 0) is 61.7 Å². The molecule has 4 aliphatic rings. The number of carbonyl (C=O) groups excluding carboxylic acids is 2. The van der Waals surface area contributed by atoms with Gasteiger partial charge in [0.2, 0.25) is 0 Å². The first-order chi connectivity index (χ1) is 9.59. The zero-order chi connectivity index (χ0) is 14.0. The van der Waals surface area contributed by atoms with Gasteiger partial charge in [-0.2, -0.15) is 0 Å². The summed E-state index contributed by atoms with van der Waals surface area (Å²) in [7, 11) is 0. The van der Waals surface area contributed by atoms with Gasteiger partial charge in [0, 0.05) is 18.3 Å². The second kappa shape index (κ2) is 4.05. The summed E-state index contributed by atoms with van der Waals surface area (Å²) in [5.74, 6) is 2.47. The van der Waals surface area contributed by atoms with Crippen LogP contribution in [0.15, 0.2) is 11.6 Å². The Labute approximate surface area is 121 Å². The molecular formula is C18H24O2. The molecule has 3 saturated carbocycles. The molecule has 0 aromatic rings. The highest BCUT2D eigenvalue weighted by atomic mass is 16.1. The number of rotatable bonds is 1. The van der Waals surface area contributed by atoms with Crippen molar-refractivity contribution in [3.8, 4) is 0 Å². The van der Waals surface area contributed by atoms with Gasteiger partial charge in [0.25, 0.3) is 0 Å². The van der Waals surface area contributed by atoms with E-state index < -0.39 is 0 Å². The molecule has 0 saturated heterocycles. The molecule has 4 aliphatic carbocycles. The summed E-state index contributed by atoms with van der Waals surface area (Å²) in [5.41, 5.74) is 1.71. The lowest BCUT2D eigenvalue weighted by Gasteiger charge is -2.61. The number of hydrogen-bond donors (Lipinski definition) is 0. The van der Waals surface area contributed by atoms with Gasteiger partial charge in [-0.15, -0.1) is 0 Å². The molecule has 5 atom stereocenters. The van der Waals surface area contributed by atoms with Gasteiger partial charge in [-0.25, -0.2) is 0 Å². The van der Waals surface area contributed by atoms with E-state index in [4.69, 9.17) is 0 Å². The van der Waals surface area contributed by atoms with Crippen molar-refractivity contribution in [1.29, 1.82) is 0 Å². The van der Waals surface area contributed by atoms with Crippen LogP contribution in [-0.4, -0.2) is 12.1 Å². The Balaban J connectivity index is 1.69.